The number of rotatable bonds is 9. The summed E-state index contributed by atoms with van der Waals surface area (Å²) in [6, 6.07) is 8.82. The molecule has 0 aromatic heterocycles. The van der Waals surface area contributed by atoms with E-state index in [9.17, 15) is 33.4 Å². The van der Waals surface area contributed by atoms with Crippen LogP contribution in [0.1, 0.15) is 59.1 Å². The molecule has 1 heterocycles. The molecule has 2 amide bonds. The van der Waals surface area contributed by atoms with Gasteiger partial charge in [0.25, 0.3) is 0 Å². The second kappa shape index (κ2) is 9.89. The van der Waals surface area contributed by atoms with Crippen LogP contribution in [0.3, 0.4) is 0 Å². The Labute approximate surface area is 195 Å². The average Bonchev–Trinajstić information content (AvgIpc) is 3.54. The molecule has 2 aromatic carbocycles. The highest BCUT2D eigenvalue weighted by Crippen LogP contribution is 2.42. The van der Waals surface area contributed by atoms with E-state index in [2.05, 4.69) is 5.32 Å². The van der Waals surface area contributed by atoms with Crippen LogP contribution in [-0.2, 0) is 9.59 Å². The number of carbonyl (C=O) groups excluding carboxylic acids is 2. The third-order valence-electron chi connectivity index (χ3n) is 6.44. The normalized spacial score (nSPS) is 18.4. The van der Waals surface area contributed by atoms with E-state index in [1.54, 1.807) is 6.07 Å². The first kappa shape index (κ1) is 23.8. The summed E-state index contributed by atoms with van der Waals surface area (Å²) in [5, 5.41) is 23.5. The Morgan fingerprint density at radius 1 is 1.15 bits per heavy atom. The molecule has 2 fully saturated rings. The Bertz CT molecular complexity index is 1100. The van der Waals surface area contributed by atoms with Gasteiger partial charge in [-0.1, -0.05) is 24.3 Å². The smallest absolute Gasteiger partial charge is 0.338 e. The molecule has 2 aromatic rings. The number of nitrogens with zero attached hydrogens (tertiary/aromatic N) is 1. The number of halogens is 2. The first-order valence-corrected chi connectivity index (χ1v) is 11.3. The second-order valence-electron chi connectivity index (χ2n) is 8.88. The summed E-state index contributed by atoms with van der Waals surface area (Å²) in [5.74, 6) is -5.34. The number of likely N-dealkylation sites (tertiary alicyclic amines) is 1. The van der Waals surface area contributed by atoms with Crippen molar-refractivity contribution in [1.82, 2.24) is 10.2 Å². The van der Waals surface area contributed by atoms with Gasteiger partial charge < -0.3 is 20.4 Å². The van der Waals surface area contributed by atoms with Crippen LogP contribution in [0.5, 0.6) is 0 Å². The van der Waals surface area contributed by atoms with Crippen LogP contribution in [-0.4, -0.2) is 52.1 Å². The van der Waals surface area contributed by atoms with Crippen molar-refractivity contribution in [2.24, 2.45) is 5.92 Å². The highest BCUT2D eigenvalue weighted by atomic mass is 19.1. The van der Waals surface area contributed by atoms with Crippen LogP contribution in [0.15, 0.2) is 42.5 Å². The predicted octanol–water partition coefficient (Wildman–Crippen LogP) is 3.00. The maximum atomic E-state index is 14.5. The van der Waals surface area contributed by atoms with Crippen molar-refractivity contribution in [2.75, 3.05) is 13.1 Å². The Morgan fingerprint density at radius 3 is 2.50 bits per heavy atom. The van der Waals surface area contributed by atoms with Crippen molar-refractivity contribution in [3.8, 4) is 0 Å². The second-order valence-corrected chi connectivity index (χ2v) is 8.88. The van der Waals surface area contributed by atoms with Gasteiger partial charge in [-0.15, -0.1) is 0 Å². The van der Waals surface area contributed by atoms with E-state index in [-0.39, 0.29) is 23.9 Å². The number of aromatic carboxylic acids is 1. The fourth-order valence-corrected chi connectivity index (χ4v) is 4.62. The van der Waals surface area contributed by atoms with Gasteiger partial charge in [0.15, 0.2) is 0 Å². The Hall–Kier alpha value is -3.33. The van der Waals surface area contributed by atoms with E-state index in [0.29, 0.717) is 24.9 Å². The number of hydrogen-bond acceptors (Lipinski definition) is 4. The fourth-order valence-electron chi connectivity index (χ4n) is 4.62. The van der Waals surface area contributed by atoms with Crippen LogP contribution < -0.4 is 5.32 Å². The summed E-state index contributed by atoms with van der Waals surface area (Å²) in [6.07, 6.45) is 1.10. The molecule has 3 atom stereocenters. The Kier molecular flexibility index (Phi) is 6.92. The molecule has 1 saturated heterocycles. The monoisotopic (exact) mass is 472 g/mol. The summed E-state index contributed by atoms with van der Waals surface area (Å²) in [4.78, 5) is 38.9. The van der Waals surface area contributed by atoms with Crippen LogP contribution in [0, 0.1) is 17.6 Å². The fraction of sp³-hybridized carbons (Fsp3) is 0.400. The SMILES string of the molecule is O=C(O)c1c(F)cccc1C(C(=O)N[C@H](c1cccc(F)c1)C1CC1)C(O)CN1CCCC1=O. The van der Waals surface area contributed by atoms with E-state index in [4.69, 9.17) is 0 Å². The zero-order valence-electron chi connectivity index (χ0n) is 18.4. The van der Waals surface area contributed by atoms with Gasteiger partial charge in [0, 0.05) is 19.5 Å². The van der Waals surface area contributed by atoms with Crippen LogP contribution in [0.2, 0.25) is 0 Å². The minimum absolute atomic E-state index is 0.0650. The van der Waals surface area contributed by atoms with Gasteiger partial charge >= 0.3 is 5.97 Å². The van der Waals surface area contributed by atoms with Crippen LogP contribution in [0.4, 0.5) is 8.78 Å². The van der Waals surface area contributed by atoms with Crippen LogP contribution >= 0.6 is 0 Å². The number of carboxylic acids is 1. The molecule has 1 saturated carbocycles. The minimum atomic E-state index is -1.57. The molecule has 3 N–H and O–H groups in total. The number of nitrogens with one attached hydrogen (secondary N) is 1. The Balaban J connectivity index is 1.68. The van der Waals surface area contributed by atoms with Crippen molar-refractivity contribution in [2.45, 2.75) is 43.7 Å². The van der Waals surface area contributed by atoms with Gasteiger partial charge in [0.1, 0.15) is 11.6 Å². The van der Waals surface area contributed by atoms with E-state index >= 15 is 0 Å². The van der Waals surface area contributed by atoms with E-state index in [1.807, 2.05) is 0 Å². The number of amides is 2. The molecule has 2 unspecified atom stereocenters. The molecule has 0 bridgehead atoms. The van der Waals surface area contributed by atoms with Gasteiger partial charge in [-0.2, -0.15) is 0 Å². The van der Waals surface area contributed by atoms with Crippen molar-refractivity contribution in [3.05, 3.63) is 70.8 Å². The number of carboxylic acid groups (broad SMARTS) is 1. The maximum absolute atomic E-state index is 14.5. The van der Waals surface area contributed by atoms with E-state index in [1.165, 1.54) is 35.2 Å². The summed E-state index contributed by atoms with van der Waals surface area (Å²) >= 11 is 0. The molecule has 2 aliphatic rings. The molecule has 4 rings (SSSR count). The molecule has 0 spiro atoms. The van der Waals surface area contributed by atoms with E-state index in [0.717, 1.165) is 18.9 Å². The zero-order chi connectivity index (χ0) is 24.4. The lowest BCUT2D eigenvalue weighted by Crippen LogP contribution is -2.44. The lowest BCUT2D eigenvalue weighted by molar-refractivity contribution is -0.132. The summed E-state index contributed by atoms with van der Waals surface area (Å²) in [5.41, 5.74) is -0.336. The molecular weight excluding hydrogens is 446 g/mol. The van der Waals surface area contributed by atoms with Crippen molar-refractivity contribution in [3.63, 3.8) is 0 Å². The van der Waals surface area contributed by atoms with Crippen molar-refractivity contribution in [1.29, 1.82) is 0 Å². The highest BCUT2D eigenvalue weighted by Gasteiger charge is 2.39. The third kappa shape index (κ3) is 5.09. The summed E-state index contributed by atoms with van der Waals surface area (Å²) in [7, 11) is 0. The number of carbonyl (C=O) groups is 3. The highest BCUT2D eigenvalue weighted by molar-refractivity contribution is 5.94. The van der Waals surface area contributed by atoms with Gasteiger partial charge in [0.05, 0.1) is 23.6 Å². The van der Waals surface area contributed by atoms with Gasteiger partial charge in [-0.25, -0.2) is 13.6 Å². The summed E-state index contributed by atoms with van der Waals surface area (Å²) in [6.45, 7) is 0.216. The lowest BCUT2D eigenvalue weighted by atomic mass is 9.87. The van der Waals surface area contributed by atoms with Gasteiger partial charge in [-0.3, -0.25) is 9.59 Å². The quantitative estimate of drug-likeness (QED) is 0.520. The van der Waals surface area contributed by atoms with Crippen molar-refractivity contribution >= 4 is 17.8 Å². The molecular formula is C25H26F2N2O5. The van der Waals surface area contributed by atoms with Crippen molar-refractivity contribution < 1.29 is 33.4 Å². The largest absolute Gasteiger partial charge is 0.478 e. The molecule has 0 radical (unpaired) electrons. The molecule has 9 heteroatoms. The van der Waals surface area contributed by atoms with E-state index < -0.39 is 47.1 Å². The predicted molar refractivity (Wildman–Crippen MR) is 118 cm³/mol. The van der Waals surface area contributed by atoms with Crippen LogP contribution in [0.25, 0.3) is 0 Å². The maximum Gasteiger partial charge on any atom is 0.338 e. The Morgan fingerprint density at radius 2 is 1.88 bits per heavy atom. The molecule has 180 valence electrons. The summed E-state index contributed by atoms with van der Waals surface area (Å²) < 4.78 is 28.3. The first-order chi connectivity index (χ1) is 16.3. The number of aliphatic hydroxyl groups is 1. The zero-order valence-corrected chi connectivity index (χ0v) is 18.4. The topological polar surface area (TPSA) is 107 Å². The first-order valence-electron chi connectivity index (χ1n) is 11.3. The molecule has 1 aliphatic carbocycles. The lowest BCUT2D eigenvalue weighted by Gasteiger charge is -2.29. The van der Waals surface area contributed by atoms with Gasteiger partial charge in [0.2, 0.25) is 11.8 Å². The molecule has 1 aliphatic heterocycles. The standard InChI is InChI=1S/C25H26F2N2O5/c26-16-5-1-4-15(12-16)23(14-9-10-14)28-24(32)22(19(30)13-29-11-3-8-20(29)31)17-6-2-7-18(27)21(17)25(33)34/h1-2,4-7,12,14,19,22-23,30H,3,8-11,13H2,(H,28,32)(H,33,34)/t19?,22?,23-/m0/s1. The molecule has 7 nitrogen and oxygen atoms in total. The third-order valence-corrected chi connectivity index (χ3v) is 6.44. The molecule has 34 heavy (non-hydrogen) atoms. The van der Waals surface area contributed by atoms with Gasteiger partial charge in [-0.05, 0) is 54.5 Å². The minimum Gasteiger partial charge on any atom is -0.478 e. The number of benzene rings is 2. The average molecular weight is 472 g/mol. The number of β-amino-alcohol motifs (C(OH)–C–C–N with tert-alkyl or cyclic N) is 1. The number of hydrogen-bond donors (Lipinski definition) is 3. The number of aliphatic hydroxyl groups excluding tert-OH is 1.